The summed E-state index contributed by atoms with van der Waals surface area (Å²) >= 11 is 1.08. The topological polar surface area (TPSA) is 113 Å². The van der Waals surface area contributed by atoms with Crippen LogP contribution in [-0.2, 0) is 14.8 Å². The van der Waals surface area contributed by atoms with E-state index in [4.69, 9.17) is 10.5 Å². The average Bonchev–Trinajstić information content (AvgIpc) is 2.84. The molecule has 2 aromatic carbocycles. The van der Waals surface area contributed by atoms with E-state index < -0.39 is 10.0 Å². The van der Waals surface area contributed by atoms with Crippen LogP contribution in [0.15, 0.2) is 58.3 Å². The molecular formula is C16H13N3O3S2. The van der Waals surface area contributed by atoms with Gasteiger partial charge in [0.15, 0.2) is 5.17 Å². The summed E-state index contributed by atoms with van der Waals surface area (Å²) in [6.45, 7) is 0. The van der Waals surface area contributed by atoms with E-state index in [2.05, 4.69) is 5.32 Å². The van der Waals surface area contributed by atoms with Gasteiger partial charge in [-0.05, 0) is 52.7 Å². The van der Waals surface area contributed by atoms with Crippen LogP contribution in [0, 0.1) is 5.41 Å². The Morgan fingerprint density at radius 1 is 1.08 bits per heavy atom. The molecule has 4 N–H and O–H groups in total. The Kier molecular flexibility index (Phi) is 4.27. The van der Waals surface area contributed by atoms with Crippen molar-refractivity contribution in [3.8, 4) is 11.1 Å². The molecule has 6 nitrogen and oxygen atoms in total. The number of rotatable bonds is 3. The van der Waals surface area contributed by atoms with Crippen molar-refractivity contribution in [2.75, 3.05) is 0 Å². The fourth-order valence-corrected chi connectivity index (χ4v) is 3.46. The molecule has 1 heterocycles. The molecule has 0 bridgehead atoms. The van der Waals surface area contributed by atoms with Gasteiger partial charge in [-0.1, -0.05) is 30.3 Å². The van der Waals surface area contributed by atoms with Crippen LogP contribution in [-0.4, -0.2) is 19.5 Å². The highest BCUT2D eigenvalue weighted by molar-refractivity contribution is 8.18. The van der Waals surface area contributed by atoms with E-state index in [9.17, 15) is 13.2 Å². The highest BCUT2D eigenvalue weighted by Crippen LogP contribution is 2.27. The minimum absolute atomic E-state index is 0.0575. The van der Waals surface area contributed by atoms with Gasteiger partial charge in [0.1, 0.15) is 0 Å². The summed E-state index contributed by atoms with van der Waals surface area (Å²) < 4.78 is 22.6. The smallest absolute Gasteiger partial charge is 0.264 e. The zero-order valence-corrected chi connectivity index (χ0v) is 13.9. The third kappa shape index (κ3) is 3.56. The van der Waals surface area contributed by atoms with Crippen molar-refractivity contribution >= 4 is 38.9 Å². The SMILES string of the molecule is N=C1NC(=O)/C(=C/c2cccc(-c3ccc(S(N)(=O)=O)cc3)c2)S1. The second-order valence-corrected chi connectivity index (χ2v) is 7.70. The fourth-order valence-electron chi connectivity index (χ4n) is 2.24. The van der Waals surface area contributed by atoms with Gasteiger partial charge in [-0.2, -0.15) is 0 Å². The minimum Gasteiger partial charge on any atom is -0.301 e. The molecule has 2 aromatic rings. The Bertz CT molecular complexity index is 964. The lowest BCUT2D eigenvalue weighted by Gasteiger charge is -2.05. The molecule has 1 saturated heterocycles. The van der Waals surface area contributed by atoms with E-state index in [0.717, 1.165) is 28.5 Å². The molecular weight excluding hydrogens is 346 g/mol. The van der Waals surface area contributed by atoms with Gasteiger partial charge in [-0.3, -0.25) is 10.2 Å². The van der Waals surface area contributed by atoms with E-state index in [1.165, 1.54) is 12.1 Å². The monoisotopic (exact) mass is 359 g/mol. The summed E-state index contributed by atoms with van der Waals surface area (Å²) in [5.74, 6) is -0.284. The van der Waals surface area contributed by atoms with Crippen LogP contribution in [0.25, 0.3) is 17.2 Å². The summed E-state index contributed by atoms with van der Waals surface area (Å²) in [7, 11) is -3.71. The molecule has 1 aliphatic rings. The van der Waals surface area contributed by atoms with Crippen molar-refractivity contribution in [2.24, 2.45) is 5.14 Å². The molecule has 1 fully saturated rings. The number of nitrogens with one attached hydrogen (secondary N) is 2. The predicted molar refractivity (Wildman–Crippen MR) is 94.7 cm³/mol. The van der Waals surface area contributed by atoms with Crippen LogP contribution in [0.1, 0.15) is 5.56 Å². The number of sulfonamides is 1. The van der Waals surface area contributed by atoms with Crippen LogP contribution in [0.4, 0.5) is 0 Å². The summed E-state index contributed by atoms with van der Waals surface area (Å²) in [6.07, 6.45) is 1.71. The fraction of sp³-hybridized carbons (Fsp3) is 0. The van der Waals surface area contributed by atoms with Gasteiger partial charge in [0, 0.05) is 0 Å². The molecule has 1 amide bonds. The van der Waals surface area contributed by atoms with E-state index in [-0.39, 0.29) is 16.0 Å². The van der Waals surface area contributed by atoms with E-state index >= 15 is 0 Å². The summed E-state index contributed by atoms with van der Waals surface area (Å²) in [4.78, 5) is 12.2. The number of amidine groups is 1. The molecule has 0 saturated carbocycles. The standard InChI is InChI=1S/C16H13N3O3S2/c17-16-19-15(20)14(23-16)9-10-2-1-3-12(8-10)11-4-6-13(7-5-11)24(18,21)22/h1-9H,(H2,17,19,20)(H2,18,21,22)/b14-9-. The first kappa shape index (κ1) is 16.4. The van der Waals surface area contributed by atoms with Gasteiger partial charge in [-0.25, -0.2) is 13.6 Å². The highest BCUT2D eigenvalue weighted by atomic mass is 32.2. The first-order valence-electron chi connectivity index (χ1n) is 6.86. The number of amides is 1. The molecule has 0 radical (unpaired) electrons. The van der Waals surface area contributed by atoms with Gasteiger partial charge in [0.2, 0.25) is 10.0 Å². The third-order valence-corrected chi connectivity index (χ3v) is 5.12. The van der Waals surface area contributed by atoms with Gasteiger partial charge in [0.05, 0.1) is 9.80 Å². The molecule has 1 aliphatic heterocycles. The Morgan fingerprint density at radius 2 is 1.79 bits per heavy atom. The zero-order chi connectivity index (χ0) is 17.3. The van der Waals surface area contributed by atoms with Crippen molar-refractivity contribution in [3.05, 3.63) is 59.0 Å². The van der Waals surface area contributed by atoms with Crippen LogP contribution in [0.3, 0.4) is 0 Å². The molecule has 0 aliphatic carbocycles. The quantitative estimate of drug-likeness (QED) is 0.729. The molecule has 0 aromatic heterocycles. The molecule has 8 heteroatoms. The van der Waals surface area contributed by atoms with Crippen LogP contribution >= 0.6 is 11.8 Å². The molecule has 0 atom stereocenters. The first-order valence-corrected chi connectivity index (χ1v) is 9.22. The maximum absolute atomic E-state index is 11.7. The van der Waals surface area contributed by atoms with Gasteiger partial charge in [-0.15, -0.1) is 0 Å². The largest absolute Gasteiger partial charge is 0.301 e. The second-order valence-electron chi connectivity index (χ2n) is 5.09. The normalized spacial score (nSPS) is 16.5. The van der Waals surface area contributed by atoms with Gasteiger partial charge in [0.25, 0.3) is 5.91 Å². The van der Waals surface area contributed by atoms with Crippen LogP contribution < -0.4 is 10.5 Å². The van der Waals surface area contributed by atoms with Crippen molar-refractivity contribution in [3.63, 3.8) is 0 Å². The number of carbonyl (C=O) groups excluding carboxylic acids is 1. The number of thioether (sulfide) groups is 1. The molecule has 3 rings (SSSR count). The molecule has 24 heavy (non-hydrogen) atoms. The third-order valence-electron chi connectivity index (χ3n) is 3.36. The molecule has 0 unspecified atom stereocenters. The molecule has 0 spiro atoms. The van der Waals surface area contributed by atoms with Crippen molar-refractivity contribution in [1.82, 2.24) is 5.32 Å². The van der Waals surface area contributed by atoms with E-state index in [0.29, 0.717) is 4.91 Å². The molecule has 122 valence electrons. The highest BCUT2D eigenvalue weighted by Gasteiger charge is 2.22. The Balaban J connectivity index is 1.92. The lowest BCUT2D eigenvalue weighted by atomic mass is 10.0. The van der Waals surface area contributed by atoms with Gasteiger partial charge >= 0.3 is 0 Å². The van der Waals surface area contributed by atoms with Crippen molar-refractivity contribution in [2.45, 2.75) is 4.90 Å². The van der Waals surface area contributed by atoms with Crippen LogP contribution in [0.2, 0.25) is 0 Å². The average molecular weight is 359 g/mol. The Labute approximate surface area is 143 Å². The lowest BCUT2D eigenvalue weighted by Crippen LogP contribution is -2.18. The maximum Gasteiger partial charge on any atom is 0.264 e. The van der Waals surface area contributed by atoms with Crippen LogP contribution in [0.5, 0.6) is 0 Å². The summed E-state index contributed by atoms with van der Waals surface area (Å²) in [5.41, 5.74) is 2.53. The number of primary sulfonamides is 1. The Hall–Kier alpha value is -2.42. The number of hydrogen-bond acceptors (Lipinski definition) is 5. The number of carbonyl (C=O) groups is 1. The number of hydrogen-bond donors (Lipinski definition) is 3. The first-order chi connectivity index (χ1) is 11.3. The lowest BCUT2D eigenvalue weighted by molar-refractivity contribution is -0.115. The number of nitrogens with two attached hydrogens (primary N) is 1. The zero-order valence-electron chi connectivity index (χ0n) is 12.3. The van der Waals surface area contributed by atoms with Crippen molar-refractivity contribution in [1.29, 1.82) is 5.41 Å². The predicted octanol–water partition coefficient (Wildman–Crippen LogP) is 2.14. The van der Waals surface area contributed by atoms with E-state index in [1.807, 2.05) is 24.3 Å². The van der Waals surface area contributed by atoms with E-state index in [1.54, 1.807) is 18.2 Å². The number of benzene rings is 2. The van der Waals surface area contributed by atoms with Gasteiger partial charge < -0.3 is 5.32 Å². The Morgan fingerprint density at radius 3 is 2.38 bits per heavy atom. The summed E-state index contributed by atoms with van der Waals surface area (Å²) in [6, 6.07) is 13.7. The minimum atomic E-state index is -3.71. The second kappa shape index (κ2) is 6.23. The maximum atomic E-state index is 11.7. The van der Waals surface area contributed by atoms with Crippen molar-refractivity contribution < 1.29 is 13.2 Å². The summed E-state index contributed by atoms with van der Waals surface area (Å²) in [5, 5.41) is 15.1.